The minimum Gasteiger partial charge on any atom is -0.438 e. The van der Waals surface area contributed by atoms with Gasteiger partial charge in [0.2, 0.25) is 5.88 Å². The van der Waals surface area contributed by atoms with E-state index in [0.29, 0.717) is 6.54 Å². The topological polar surface area (TPSA) is 85.2 Å². The number of aromatic nitrogens is 2. The molecule has 1 aliphatic carbocycles. The van der Waals surface area contributed by atoms with E-state index in [-0.39, 0.29) is 17.7 Å². The largest absolute Gasteiger partial charge is 0.438 e. The van der Waals surface area contributed by atoms with Crippen molar-refractivity contribution in [2.45, 2.75) is 64.3 Å². The van der Waals surface area contributed by atoms with Gasteiger partial charge in [0.25, 0.3) is 10.2 Å². The van der Waals surface area contributed by atoms with Crippen LogP contribution in [0.15, 0.2) is 54.6 Å². The van der Waals surface area contributed by atoms with E-state index >= 15 is 0 Å². The first-order valence-corrected chi connectivity index (χ1v) is 13.2. The van der Waals surface area contributed by atoms with Crippen molar-refractivity contribution >= 4 is 10.2 Å². The number of aryl methyl sites for hydroxylation is 1. The second-order valence-electron chi connectivity index (χ2n) is 9.36. The van der Waals surface area contributed by atoms with Crippen LogP contribution in [-0.2, 0) is 28.5 Å². The van der Waals surface area contributed by atoms with Crippen LogP contribution in [-0.4, -0.2) is 24.2 Å². The Kier molecular flexibility index (Phi) is 7.18. The molecule has 11 heteroatoms. The molecule has 0 radical (unpaired) electrons. The van der Waals surface area contributed by atoms with E-state index in [1.165, 1.54) is 12.1 Å². The molecule has 0 amide bonds. The number of hydrogen-bond acceptors (Lipinski definition) is 4. The highest BCUT2D eigenvalue weighted by atomic mass is 32.2. The summed E-state index contributed by atoms with van der Waals surface area (Å²) in [5, 5.41) is 4.42. The molecule has 7 nitrogen and oxygen atoms in total. The highest BCUT2D eigenvalue weighted by Crippen LogP contribution is 2.33. The minimum absolute atomic E-state index is 0.0216. The summed E-state index contributed by atoms with van der Waals surface area (Å²) in [6, 6.07) is 13.6. The highest BCUT2D eigenvalue weighted by molar-refractivity contribution is 7.87. The third kappa shape index (κ3) is 6.08. The normalized spacial score (nSPS) is 15.1. The molecule has 0 bridgehead atoms. The predicted octanol–water partition coefficient (Wildman–Crippen LogP) is 5.59. The second kappa shape index (κ2) is 9.87. The third-order valence-corrected chi connectivity index (χ3v) is 7.58. The van der Waals surface area contributed by atoms with Crippen molar-refractivity contribution < 1.29 is 26.3 Å². The van der Waals surface area contributed by atoms with Crippen molar-refractivity contribution in [3.05, 3.63) is 65.7 Å². The lowest BCUT2D eigenvalue weighted by molar-refractivity contribution is -0.137. The summed E-state index contributed by atoms with van der Waals surface area (Å²) in [5.74, 6) is 0.472. The van der Waals surface area contributed by atoms with E-state index < -0.39 is 27.5 Å². The number of nitrogens with zero attached hydrogens (tertiary/aromatic N) is 2. The Hall–Kier alpha value is -2.89. The van der Waals surface area contributed by atoms with E-state index in [1.54, 1.807) is 24.6 Å². The third-order valence-electron chi connectivity index (χ3n) is 6.16. The molecular weight excluding hydrogens is 493 g/mol. The molecule has 36 heavy (non-hydrogen) atoms. The van der Waals surface area contributed by atoms with Crippen LogP contribution < -0.4 is 14.2 Å². The summed E-state index contributed by atoms with van der Waals surface area (Å²) in [4.78, 5) is 0. The van der Waals surface area contributed by atoms with Gasteiger partial charge in [-0.05, 0) is 69.5 Å². The van der Waals surface area contributed by atoms with E-state index in [2.05, 4.69) is 14.5 Å². The van der Waals surface area contributed by atoms with Gasteiger partial charge in [-0.25, -0.2) is 0 Å². The first-order valence-electron chi connectivity index (χ1n) is 11.7. The van der Waals surface area contributed by atoms with Gasteiger partial charge in [-0.15, -0.1) is 5.10 Å². The fourth-order valence-electron chi connectivity index (χ4n) is 3.99. The SMILES string of the molecule is CCn1nc(Oc2ccc(C(F)(F)F)cc2)cc1-c1cccc(C(C)(C)NS(=O)(=O)NC2CCC2)c1. The molecule has 0 saturated heterocycles. The molecule has 2 N–H and O–H groups in total. The maximum atomic E-state index is 12.8. The lowest BCUT2D eigenvalue weighted by atomic mass is 9.93. The number of ether oxygens (including phenoxy) is 1. The van der Waals surface area contributed by atoms with E-state index in [9.17, 15) is 21.6 Å². The average Bonchev–Trinajstić information content (AvgIpc) is 3.18. The Morgan fingerprint density at radius 2 is 1.75 bits per heavy atom. The van der Waals surface area contributed by atoms with Gasteiger partial charge in [-0.3, -0.25) is 4.68 Å². The van der Waals surface area contributed by atoms with Crippen LogP contribution in [0.1, 0.15) is 51.2 Å². The van der Waals surface area contributed by atoms with Gasteiger partial charge < -0.3 is 4.74 Å². The summed E-state index contributed by atoms with van der Waals surface area (Å²) >= 11 is 0. The van der Waals surface area contributed by atoms with E-state index in [0.717, 1.165) is 48.2 Å². The number of alkyl halides is 3. The molecule has 0 aliphatic heterocycles. The minimum atomic E-state index is -4.42. The standard InChI is InChI=1S/C25H29F3N4O3S/c1-4-32-22(16-23(29-32)35-21-13-11-18(12-14-21)25(26,27)28)17-7-5-8-19(15-17)24(2,3)31-36(33,34)30-20-9-6-10-20/h5,7-8,11-16,20,30-31H,4,6,9-10H2,1-3H3. The zero-order valence-electron chi connectivity index (χ0n) is 20.3. The van der Waals surface area contributed by atoms with Crippen molar-refractivity contribution in [2.24, 2.45) is 0 Å². The van der Waals surface area contributed by atoms with Crippen LogP contribution in [0.5, 0.6) is 11.6 Å². The molecule has 3 aromatic rings. The molecule has 2 aromatic carbocycles. The van der Waals surface area contributed by atoms with Crippen molar-refractivity contribution in [2.75, 3.05) is 0 Å². The Morgan fingerprint density at radius 1 is 1.06 bits per heavy atom. The smallest absolute Gasteiger partial charge is 0.416 e. The Balaban J connectivity index is 1.55. The molecule has 1 saturated carbocycles. The van der Waals surface area contributed by atoms with Gasteiger partial charge >= 0.3 is 6.18 Å². The van der Waals surface area contributed by atoms with Crippen molar-refractivity contribution in [1.29, 1.82) is 0 Å². The molecule has 194 valence electrons. The quantitative estimate of drug-likeness (QED) is 0.384. The van der Waals surface area contributed by atoms with Crippen LogP contribution in [0.4, 0.5) is 13.2 Å². The number of benzene rings is 2. The maximum absolute atomic E-state index is 12.8. The van der Waals surface area contributed by atoms with Gasteiger partial charge in [0.05, 0.1) is 16.8 Å². The Morgan fingerprint density at radius 3 is 2.33 bits per heavy atom. The number of rotatable bonds is 9. The summed E-state index contributed by atoms with van der Waals surface area (Å²) in [7, 11) is -3.69. The van der Waals surface area contributed by atoms with E-state index in [1.807, 2.05) is 31.2 Å². The molecular formula is C25H29F3N4O3S. The Labute approximate surface area is 208 Å². The monoisotopic (exact) mass is 522 g/mol. The highest BCUT2D eigenvalue weighted by Gasteiger charge is 2.31. The lowest BCUT2D eigenvalue weighted by Gasteiger charge is -2.31. The van der Waals surface area contributed by atoms with Crippen LogP contribution in [0.25, 0.3) is 11.3 Å². The van der Waals surface area contributed by atoms with Crippen LogP contribution in [0, 0.1) is 0 Å². The fourth-order valence-corrected chi connectivity index (χ4v) is 5.51. The summed E-state index contributed by atoms with van der Waals surface area (Å²) in [6.45, 7) is 6.02. The molecule has 0 spiro atoms. The molecule has 1 aromatic heterocycles. The zero-order chi connectivity index (χ0) is 26.1. The lowest BCUT2D eigenvalue weighted by Crippen LogP contribution is -2.51. The molecule has 0 unspecified atom stereocenters. The summed E-state index contributed by atoms with van der Waals surface area (Å²) < 4.78 is 76.5. The predicted molar refractivity (Wildman–Crippen MR) is 131 cm³/mol. The number of hydrogen-bond donors (Lipinski definition) is 2. The fraction of sp³-hybridized carbons (Fsp3) is 0.400. The van der Waals surface area contributed by atoms with E-state index in [4.69, 9.17) is 4.74 Å². The van der Waals surface area contributed by atoms with Crippen molar-refractivity contribution in [3.8, 4) is 22.9 Å². The molecule has 1 aliphatic rings. The van der Waals surface area contributed by atoms with Gasteiger partial charge in [-0.1, -0.05) is 24.6 Å². The first-order chi connectivity index (χ1) is 16.9. The molecule has 1 fully saturated rings. The number of nitrogens with one attached hydrogen (secondary N) is 2. The Bertz CT molecular complexity index is 1320. The second-order valence-corrected chi connectivity index (χ2v) is 10.8. The van der Waals surface area contributed by atoms with Crippen LogP contribution in [0.3, 0.4) is 0 Å². The van der Waals surface area contributed by atoms with Gasteiger partial charge in [0.15, 0.2) is 0 Å². The van der Waals surface area contributed by atoms with Gasteiger partial charge in [-0.2, -0.15) is 31.0 Å². The van der Waals surface area contributed by atoms with Crippen LogP contribution >= 0.6 is 0 Å². The summed E-state index contributed by atoms with van der Waals surface area (Å²) in [5.41, 5.74) is 0.638. The molecule has 4 rings (SSSR count). The van der Waals surface area contributed by atoms with Crippen molar-refractivity contribution in [3.63, 3.8) is 0 Å². The van der Waals surface area contributed by atoms with Gasteiger partial charge in [0, 0.05) is 24.2 Å². The average molecular weight is 523 g/mol. The van der Waals surface area contributed by atoms with Gasteiger partial charge in [0.1, 0.15) is 5.75 Å². The number of halogens is 3. The first kappa shape index (κ1) is 26.2. The van der Waals surface area contributed by atoms with Crippen molar-refractivity contribution in [1.82, 2.24) is 19.2 Å². The molecule has 0 atom stereocenters. The molecule has 1 heterocycles. The summed E-state index contributed by atoms with van der Waals surface area (Å²) in [6.07, 6.45) is -1.71. The zero-order valence-corrected chi connectivity index (χ0v) is 21.1. The maximum Gasteiger partial charge on any atom is 0.416 e. The van der Waals surface area contributed by atoms with Crippen LogP contribution in [0.2, 0.25) is 0 Å².